The van der Waals surface area contributed by atoms with Crippen LogP contribution in [0, 0.1) is 0 Å². The van der Waals surface area contributed by atoms with E-state index in [1.54, 1.807) is 0 Å². The minimum atomic E-state index is 0.645. The van der Waals surface area contributed by atoms with Crippen molar-refractivity contribution < 1.29 is 0 Å². The number of anilines is 1. The van der Waals surface area contributed by atoms with Gasteiger partial charge in [-0.25, -0.2) is 4.98 Å². The van der Waals surface area contributed by atoms with E-state index in [9.17, 15) is 0 Å². The zero-order valence-electron chi connectivity index (χ0n) is 12.7. The number of nitrogens with one attached hydrogen (secondary N) is 1. The Kier molecular flexibility index (Phi) is 6.30. The molecule has 0 aliphatic carbocycles. The molecule has 1 saturated heterocycles. The molecule has 0 spiro atoms. The van der Waals surface area contributed by atoms with Crippen LogP contribution in [0.4, 0.5) is 5.82 Å². The smallest absolute Gasteiger partial charge is 0.133 e. The molecule has 112 valence electrons. The Morgan fingerprint density at radius 1 is 1.35 bits per heavy atom. The molecule has 1 fully saturated rings. The molecular weight excluding hydrogens is 314 g/mol. The number of hydrogen-bond donors (Lipinski definition) is 1. The molecule has 1 aliphatic heterocycles. The molecule has 1 unspecified atom stereocenters. The number of halogens is 1. The van der Waals surface area contributed by atoms with Gasteiger partial charge in [-0.2, -0.15) is 0 Å². The van der Waals surface area contributed by atoms with E-state index in [1.807, 2.05) is 6.20 Å². The van der Waals surface area contributed by atoms with Crippen LogP contribution in [0.1, 0.15) is 51.5 Å². The van der Waals surface area contributed by atoms with Crippen LogP contribution in [0.5, 0.6) is 0 Å². The fourth-order valence-electron chi connectivity index (χ4n) is 3.00. The molecule has 20 heavy (non-hydrogen) atoms. The Hall–Kier alpha value is -0.610. The Balaban J connectivity index is 2.28. The minimum Gasteiger partial charge on any atom is -0.353 e. The Morgan fingerprint density at radius 3 is 2.95 bits per heavy atom. The van der Waals surface area contributed by atoms with E-state index in [-0.39, 0.29) is 0 Å². The third kappa shape index (κ3) is 3.95. The Labute approximate surface area is 131 Å². The average Bonchev–Trinajstić information content (AvgIpc) is 2.70. The van der Waals surface area contributed by atoms with Gasteiger partial charge in [0.2, 0.25) is 0 Å². The minimum absolute atomic E-state index is 0.645. The van der Waals surface area contributed by atoms with Crippen LogP contribution in [-0.2, 0) is 6.54 Å². The van der Waals surface area contributed by atoms with Crippen molar-refractivity contribution in [3.05, 3.63) is 22.3 Å². The van der Waals surface area contributed by atoms with Gasteiger partial charge in [-0.15, -0.1) is 0 Å². The first kappa shape index (κ1) is 15.8. The molecule has 2 rings (SSSR count). The summed E-state index contributed by atoms with van der Waals surface area (Å²) < 4.78 is 1.07. The van der Waals surface area contributed by atoms with Gasteiger partial charge in [-0.3, -0.25) is 0 Å². The summed E-state index contributed by atoms with van der Waals surface area (Å²) in [6, 6.07) is 2.86. The van der Waals surface area contributed by atoms with Crippen molar-refractivity contribution in [2.45, 2.75) is 58.5 Å². The highest BCUT2D eigenvalue weighted by atomic mass is 79.9. The van der Waals surface area contributed by atoms with E-state index in [4.69, 9.17) is 4.98 Å². The van der Waals surface area contributed by atoms with E-state index >= 15 is 0 Å². The molecule has 1 atom stereocenters. The van der Waals surface area contributed by atoms with Crippen LogP contribution in [0.25, 0.3) is 0 Å². The monoisotopic (exact) mass is 339 g/mol. The SMILES string of the molecule is CCNCc1cc(Br)cnc1N1CCCCCC1CC. The summed E-state index contributed by atoms with van der Waals surface area (Å²) >= 11 is 3.55. The number of pyridine rings is 1. The van der Waals surface area contributed by atoms with Crippen molar-refractivity contribution >= 4 is 21.7 Å². The summed E-state index contributed by atoms with van der Waals surface area (Å²) in [5, 5.41) is 3.43. The molecular formula is C16H26BrN3. The zero-order chi connectivity index (χ0) is 14.4. The third-order valence-corrected chi connectivity index (χ3v) is 4.53. The lowest BCUT2D eigenvalue weighted by molar-refractivity contribution is 0.549. The maximum atomic E-state index is 4.73. The zero-order valence-corrected chi connectivity index (χ0v) is 14.2. The van der Waals surface area contributed by atoms with Crippen molar-refractivity contribution in [2.75, 3.05) is 18.0 Å². The second-order valence-corrected chi connectivity index (χ2v) is 6.44. The van der Waals surface area contributed by atoms with Crippen LogP contribution in [-0.4, -0.2) is 24.1 Å². The number of aromatic nitrogens is 1. The van der Waals surface area contributed by atoms with Crippen molar-refractivity contribution in [2.24, 2.45) is 0 Å². The second-order valence-electron chi connectivity index (χ2n) is 5.52. The lowest BCUT2D eigenvalue weighted by Gasteiger charge is -2.32. The van der Waals surface area contributed by atoms with Crippen LogP contribution in [0.3, 0.4) is 0 Å². The molecule has 4 heteroatoms. The first-order chi connectivity index (χ1) is 9.76. The molecule has 0 saturated carbocycles. The fourth-order valence-corrected chi connectivity index (χ4v) is 3.38. The van der Waals surface area contributed by atoms with Gasteiger partial charge >= 0.3 is 0 Å². The van der Waals surface area contributed by atoms with Crippen molar-refractivity contribution in [1.82, 2.24) is 10.3 Å². The van der Waals surface area contributed by atoms with Gasteiger partial charge in [0.25, 0.3) is 0 Å². The van der Waals surface area contributed by atoms with Gasteiger partial charge in [-0.05, 0) is 47.8 Å². The van der Waals surface area contributed by atoms with Gasteiger partial charge in [-0.1, -0.05) is 26.7 Å². The molecule has 0 radical (unpaired) electrons. The first-order valence-electron chi connectivity index (χ1n) is 7.88. The summed E-state index contributed by atoms with van der Waals surface area (Å²) in [6.07, 6.45) is 8.44. The Morgan fingerprint density at radius 2 is 2.20 bits per heavy atom. The topological polar surface area (TPSA) is 28.2 Å². The van der Waals surface area contributed by atoms with Crippen LogP contribution >= 0.6 is 15.9 Å². The fraction of sp³-hybridized carbons (Fsp3) is 0.688. The van der Waals surface area contributed by atoms with Gasteiger partial charge in [0.1, 0.15) is 5.82 Å². The van der Waals surface area contributed by atoms with E-state index in [0.717, 1.165) is 24.1 Å². The predicted octanol–water partition coefficient (Wildman–Crippen LogP) is 4.11. The highest BCUT2D eigenvalue weighted by Gasteiger charge is 2.22. The van der Waals surface area contributed by atoms with Gasteiger partial charge in [0, 0.05) is 35.4 Å². The number of nitrogens with zero attached hydrogens (tertiary/aromatic N) is 2. The van der Waals surface area contributed by atoms with Crippen molar-refractivity contribution in [3.63, 3.8) is 0 Å². The molecule has 0 aromatic carbocycles. The normalized spacial score (nSPS) is 19.9. The lowest BCUT2D eigenvalue weighted by Crippen LogP contribution is -2.36. The highest BCUT2D eigenvalue weighted by molar-refractivity contribution is 9.10. The first-order valence-corrected chi connectivity index (χ1v) is 8.67. The van der Waals surface area contributed by atoms with E-state index in [1.165, 1.54) is 43.5 Å². The molecule has 0 bridgehead atoms. The largest absolute Gasteiger partial charge is 0.353 e. The van der Waals surface area contributed by atoms with Crippen LogP contribution in [0.2, 0.25) is 0 Å². The molecule has 3 nitrogen and oxygen atoms in total. The summed E-state index contributed by atoms with van der Waals surface area (Å²) in [6.45, 7) is 7.47. The molecule has 1 N–H and O–H groups in total. The molecule has 1 aliphatic rings. The average molecular weight is 340 g/mol. The maximum Gasteiger partial charge on any atom is 0.133 e. The van der Waals surface area contributed by atoms with E-state index < -0.39 is 0 Å². The second kappa shape index (κ2) is 7.99. The summed E-state index contributed by atoms with van der Waals surface area (Å²) in [7, 11) is 0. The lowest BCUT2D eigenvalue weighted by atomic mass is 10.1. The van der Waals surface area contributed by atoms with Crippen molar-refractivity contribution in [3.8, 4) is 0 Å². The van der Waals surface area contributed by atoms with E-state index in [0.29, 0.717) is 6.04 Å². The summed E-state index contributed by atoms with van der Waals surface area (Å²) in [5.74, 6) is 1.18. The third-order valence-electron chi connectivity index (χ3n) is 4.10. The van der Waals surface area contributed by atoms with E-state index in [2.05, 4.69) is 46.1 Å². The van der Waals surface area contributed by atoms with Gasteiger partial charge in [0.05, 0.1) is 0 Å². The highest BCUT2D eigenvalue weighted by Crippen LogP contribution is 2.28. The number of rotatable bonds is 5. The predicted molar refractivity (Wildman–Crippen MR) is 89.2 cm³/mol. The van der Waals surface area contributed by atoms with Crippen molar-refractivity contribution in [1.29, 1.82) is 0 Å². The molecule has 1 aromatic rings. The quantitative estimate of drug-likeness (QED) is 0.874. The number of hydrogen-bond acceptors (Lipinski definition) is 3. The van der Waals surface area contributed by atoms with Crippen LogP contribution in [0.15, 0.2) is 16.7 Å². The maximum absolute atomic E-state index is 4.73. The van der Waals surface area contributed by atoms with Crippen LogP contribution < -0.4 is 10.2 Å². The molecule has 0 amide bonds. The standard InChI is InChI=1S/C16H26BrN3/c1-3-15-8-6-5-7-9-20(15)16-13(11-18-4-2)10-14(17)12-19-16/h10,12,15,18H,3-9,11H2,1-2H3. The van der Waals surface area contributed by atoms with Gasteiger partial charge < -0.3 is 10.2 Å². The summed E-state index contributed by atoms with van der Waals surface area (Å²) in [4.78, 5) is 7.28. The molecule has 1 aromatic heterocycles. The Bertz CT molecular complexity index is 422. The summed E-state index contributed by atoms with van der Waals surface area (Å²) in [5.41, 5.74) is 1.31. The molecule has 2 heterocycles. The van der Waals surface area contributed by atoms with Gasteiger partial charge in [0.15, 0.2) is 0 Å².